The Bertz CT molecular complexity index is 1110. The molecule has 1 unspecified atom stereocenters. The summed E-state index contributed by atoms with van der Waals surface area (Å²) >= 11 is 0. The predicted molar refractivity (Wildman–Crippen MR) is 110 cm³/mol. The summed E-state index contributed by atoms with van der Waals surface area (Å²) in [6, 6.07) is 3.01. The second-order valence-electron chi connectivity index (χ2n) is 7.27. The molecule has 6 nitrogen and oxygen atoms in total. The summed E-state index contributed by atoms with van der Waals surface area (Å²) in [6.45, 7) is 4.04. The number of rotatable bonds is 3. The maximum absolute atomic E-state index is 13.8. The fourth-order valence-electron chi connectivity index (χ4n) is 3.54. The third-order valence-electron chi connectivity index (χ3n) is 5.06. The molecule has 2 atom stereocenters. The molecule has 0 spiro atoms. The van der Waals surface area contributed by atoms with Crippen molar-refractivity contribution in [2.45, 2.75) is 24.8 Å². The number of anilines is 1. The Balaban J connectivity index is 2.11. The van der Waals surface area contributed by atoms with Gasteiger partial charge in [-0.3, -0.25) is 4.79 Å². The predicted octanol–water partition coefficient (Wildman–Crippen LogP) is 3.91. The van der Waals surface area contributed by atoms with Crippen molar-refractivity contribution in [2.75, 3.05) is 19.4 Å². The molecule has 1 amide bonds. The Labute approximate surface area is 169 Å². The first-order chi connectivity index (χ1) is 13.6. The van der Waals surface area contributed by atoms with Gasteiger partial charge in [0.2, 0.25) is 0 Å². The number of hydrogen-bond acceptors (Lipinski definition) is 3. The van der Waals surface area contributed by atoms with Crippen molar-refractivity contribution in [3.05, 3.63) is 53.4 Å². The van der Waals surface area contributed by atoms with Gasteiger partial charge < -0.3 is 9.88 Å². The molecule has 29 heavy (non-hydrogen) atoms. The van der Waals surface area contributed by atoms with Crippen LogP contribution in [0.5, 0.6) is 0 Å². The Morgan fingerprint density at radius 3 is 2.52 bits per heavy atom. The lowest BCUT2D eigenvalue weighted by molar-refractivity contribution is 0.101. The number of halogens is 2. The monoisotopic (exact) mass is 422 g/mol. The summed E-state index contributed by atoms with van der Waals surface area (Å²) < 4.78 is 47.9. The summed E-state index contributed by atoms with van der Waals surface area (Å²) in [7, 11) is 1.99. The maximum atomic E-state index is 13.8. The molecule has 1 aromatic heterocycles. The number of fused-ring (bicyclic) bond motifs is 1. The highest BCUT2D eigenvalue weighted by molar-refractivity contribution is 7.91. The smallest absolute Gasteiger partial charge is 0.272 e. The molecule has 1 N–H and O–H groups in total. The van der Waals surface area contributed by atoms with E-state index in [0.29, 0.717) is 10.5 Å². The summed E-state index contributed by atoms with van der Waals surface area (Å²) in [5, 5.41) is 2.58. The number of nitrogens with one attached hydrogen (secondary N) is 1. The molecule has 1 aromatic carbocycles. The van der Waals surface area contributed by atoms with Crippen LogP contribution < -0.4 is 5.32 Å². The van der Waals surface area contributed by atoms with Gasteiger partial charge in [0.15, 0.2) is 11.6 Å². The second kappa shape index (κ2) is 7.72. The zero-order valence-corrected chi connectivity index (χ0v) is 17.8. The number of hydrogen-bond donors (Lipinski definition) is 1. The number of likely N-dealkylation sites (N-methyl/N-ethyl adjacent to an activating group) is 1. The average molecular weight is 423 g/mol. The van der Waals surface area contributed by atoms with Crippen LogP contribution >= 0.6 is 0 Å². The minimum Gasteiger partial charge on any atom is -0.345 e. The fraction of sp³-hybridized carbons (Fsp3) is 0.350. The highest BCUT2D eigenvalue weighted by Gasteiger charge is 2.34. The first-order valence-corrected chi connectivity index (χ1v) is 10.6. The van der Waals surface area contributed by atoms with Gasteiger partial charge in [-0.1, -0.05) is 26.0 Å². The van der Waals surface area contributed by atoms with Gasteiger partial charge in [-0.05, 0) is 18.1 Å². The van der Waals surface area contributed by atoms with Crippen LogP contribution in [0.2, 0.25) is 0 Å². The summed E-state index contributed by atoms with van der Waals surface area (Å²) in [5.74, 6) is -2.39. The molecule has 2 aromatic rings. The summed E-state index contributed by atoms with van der Waals surface area (Å²) in [6.07, 6.45) is 5.33. The molecule has 9 heteroatoms. The number of aryl methyl sites for hydroxylation is 1. The summed E-state index contributed by atoms with van der Waals surface area (Å²) in [5.41, 5.74) is 0.882. The Kier molecular flexibility index (Phi) is 5.64. The van der Waals surface area contributed by atoms with Gasteiger partial charge >= 0.3 is 0 Å². The first kappa shape index (κ1) is 21.2. The number of amides is 1. The van der Waals surface area contributed by atoms with Crippen LogP contribution in [-0.2, 0) is 17.0 Å². The van der Waals surface area contributed by atoms with E-state index in [1.165, 1.54) is 13.1 Å². The van der Waals surface area contributed by atoms with E-state index in [1.54, 1.807) is 35.2 Å². The fourth-order valence-corrected chi connectivity index (χ4v) is 5.70. The number of benzene rings is 1. The van der Waals surface area contributed by atoms with Crippen LogP contribution in [0.4, 0.5) is 14.5 Å². The van der Waals surface area contributed by atoms with E-state index in [4.69, 9.17) is 0 Å². The van der Waals surface area contributed by atoms with Crippen molar-refractivity contribution < 1.29 is 17.8 Å². The van der Waals surface area contributed by atoms with Gasteiger partial charge in [-0.25, -0.2) is 21.7 Å². The zero-order chi connectivity index (χ0) is 21.5. The highest BCUT2D eigenvalue weighted by atomic mass is 32.2. The molecule has 0 bridgehead atoms. The zero-order valence-electron chi connectivity index (χ0n) is 16.9. The van der Waals surface area contributed by atoms with E-state index in [1.807, 2.05) is 19.9 Å². The molecule has 156 valence electrons. The Hall–Kier alpha value is -2.52. The van der Waals surface area contributed by atoms with Gasteiger partial charge in [0.1, 0.15) is 15.6 Å². The van der Waals surface area contributed by atoms with Gasteiger partial charge in [0.05, 0.1) is 4.90 Å². The van der Waals surface area contributed by atoms with E-state index in [0.717, 1.165) is 12.1 Å². The van der Waals surface area contributed by atoms with Gasteiger partial charge in [-0.15, -0.1) is 0 Å². The molecule has 0 aliphatic carbocycles. The molecule has 0 radical (unpaired) electrons. The van der Waals surface area contributed by atoms with Crippen LogP contribution in [0.1, 0.15) is 29.9 Å². The topological polar surface area (TPSA) is 66.7 Å². The average Bonchev–Trinajstić information content (AvgIpc) is 2.95. The minimum absolute atomic E-state index is 0.125. The molecule has 1 aliphatic heterocycles. The Morgan fingerprint density at radius 2 is 1.93 bits per heavy atom. The molecule has 0 saturated heterocycles. The maximum Gasteiger partial charge on any atom is 0.272 e. The largest absolute Gasteiger partial charge is 0.345 e. The van der Waals surface area contributed by atoms with Gasteiger partial charge in [0.25, 0.3) is 5.91 Å². The Morgan fingerprint density at radius 1 is 1.24 bits per heavy atom. The van der Waals surface area contributed by atoms with Crippen molar-refractivity contribution in [1.29, 1.82) is 0 Å². The van der Waals surface area contributed by atoms with Crippen molar-refractivity contribution in [3.8, 4) is 0 Å². The molecule has 2 heterocycles. The van der Waals surface area contributed by atoms with Gasteiger partial charge in [-0.2, -0.15) is 0 Å². The third kappa shape index (κ3) is 3.60. The number of aromatic nitrogens is 1. The molecular weight excluding hydrogens is 398 g/mol. The normalized spacial score (nSPS) is 21.7. The number of nitrogens with zero attached hydrogens (tertiary/aromatic N) is 3. The standard InChI is InChI=1S/C20H24F2N4O2S/c1-12(2)17-9-7-14-18(29(28,23-3)26(17)5)11-25(4)19(14)20(27)24-13-6-8-15(21)16(22)10-13/h6-12,17H,1-5H3,(H,24,27)/t17-,29?/m1/s1. The molecule has 3 rings (SSSR count). The quantitative estimate of drug-likeness (QED) is 0.815. The SMILES string of the molecule is CN=S1(=O)c2cn(C)c(C(=O)Nc3ccc(F)c(F)c3)c2C=C[C@H](C(C)C)N1C. The van der Waals surface area contributed by atoms with Crippen LogP contribution in [0.25, 0.3) is 6.08 Å². The lowest BCUT2D eigenvalue weighted by atomic mass is 10.0. The van der Waals surface area contributed by atoms with Crippen LogP contribution in [0.15, 0.2) is 39.7 Å². The van der Waals surface area contributed by atoms with Crippen LogP contribution in [0, 0.1) is 17.6 Å². The van der Waals surface area contributed by atoms with Crippen molar-refractivity contribution in [2.24, 2.45) is 17.3 Å². The van der Waals surface area contributed by atoms with E-state index in [9.17, 15) is 17.8 Å². The molecular formula is C20H24F2N4O2S. The van der Waals surface area contributed by atoms with E-state index >= 15 is 0 Å². The lowest BCUT2D eigenvalue weighted by Gasteiger charge is -2.29. The number of carbonyl (C=O) groups is 1. The van der Waals surface area contributed by atoms with E-state index in [-0.39, 0.29) is 23.3 Å². The van der Waals surface area contributed by atoms with E-state index < -0.39 is 27.5 Å². The van der Waals surface area contributed by atoms with Crippen molar-refractivity contribution in [3.63, 3.8) is 0 Å². The van der Waals surface area contributed by atoms with Crippen LogP contribution in [0.3, 0.4) is 0 Å². The van der Waals surface area contributed by atoms with E-state index in [2.05, 4.69) is 9.68 Å². The molecule has 1 aliphatic rings. The highest BCUT2D eigenvalue weighted by Crippen LogP contribution is 2.33. The van der Waals surface area contributed by atoms with Crippen molar-refractivity contribution >= 4 is 27.6 Å². The second-order valence-corrected chi connectivity index (χ2v) is 9.64. The van der Waals surface area contributed by atoms with Crippen LogP contribution in [-0.4, -0.2) is 39.1 Å². The number of carbonyl (C=O) groups excluding carboxylic acids is 1. The van der Waals surface area contributed by atoms with Gasteiger partial charge in [0, 0.05) is 50.7 Å². The molecule has 0 saturated carbocycles. The van der Waals surface area contributed by atoms with Crippen molar-refractivity contribution in [1.82, 2.24) is 8.87 Å². The third-order valence-corrected chi connectivity index (χ3v) is 7.48. The summed E-state index contributed by atoms with van der Waals surface area (Å²) in [4.78, 5) is 13.4. The lowest BCUT2D eigenvalue weighted by Crippen LogP contribution is -2.38. The minimum atomic E-state index is -2.93. The first-order valence-electron chi connectivity index (χ1n) is 9.12. The molecule has 0 fully saturated rings.